The average Bonchev–Trinajstić information content (AvgIpc) is 2.45. The van der Waals surface area contributed by atoms with Crippen LogP contribution in [0.15, 0.2) is 24.3 Å². The molecule has 0 radical (unpaired) electrons. The van der Waals surface area contributed by atoms with Crippen LogP contribution in [-0.2, 0) is 4.74 Å². The molecule has 0 unspecified atom stereocenters. The summed E-state index contributed by atoms with van der Waals surface area (Å²) in [5.41, 5.74) is 0. The Morgan fingerprint density at radius 2 is 1.71 bits per heavy atom. The number of alkyl halides is 3. The lowest BCUT2D eigenvalue weighted by molar-refractivity contribution is -0.274. The summed E-state index contributed by atoms with van der Waals surface area (Å²) in [4.78, 5) is 0. The van der Waals surface area contributed by atoms with Gasteiger partial charge in [0.05, 0.1) is 0 Å². The van der Waals surface area contributed by atoms with Crippen LogP contribution in [0.5, 0.6) is 11.5 Å². The lowest BCUT2D eigenvalue weighted by Gasteiger charge is -2.23. The minimum Gasteiger partial charge on any atom is -0.492 e. The van der Waals surface area contributed by atoms with Crippen LogP contribution in [0.3, 0.4) is 0 Å². The van der Waals surface area contributed by atoms with Crippen molar-refractivity contribution in [3.05, 3.63) is 24.3 Å². The smallest absolute Gasteiger partial charge is 0.492 e. The standard InChI is InChI=1S/C14H18F3NO3/c15-14(16,17)21-13-3-1-12(2-4-13)20-10-7-18-11-5-8-19-9-6-11/h1-4,11,18H,5-10H2. The Labute approximate surface area is 121 Å². The maximum absolute atomic E-state index is 12.0. The molecule has 1 aromatic carbocycles. The van der Waals surface area contributed by atoms with Crippen molar-refractivity contribution in [1.29, 1.82) is 0 Å². The molecule has 1 N–H and O–H groups in total. The van der Waals surface area contributed by atoms with E-state index in [1.54, 1.807) is 0 Å². The van der Waals surface area contributed by atoms with Gasteiger partial charge < -0.3 is 19.5 Å². The molecule has 0 aromatic heterocycles. The predicted molar refractivity (Wildman–Crippen MR) is 70.5 cm³/mol. The molecule has 1 aliphatic heterocycles. The number of benzene rings is 1. The molecule has 0 atom stereocenters. The molecule has 0 aliphatic carbocycles. The van der Waals surface area contributed by atoms with Gasteiger partial charge in [0.25, 0.3) is 0 Å². The molecule has 118 valence electrons. The van der Waals surface area contributed by atoms with E-state index in [9.17, 15) is 13.2 Å². The van der Waals surface area contributed by atoms with Gasteiger partial charge >= 0.3 is 6.36 Å². The fourth-order valence-electron chi connectivity index (χ4n) is 2.07. The molecule has 1 heterocycles. The third-order valence-electron chi connectivity index (χ3n) is 3.08. The monoisotopic (exact) mass is 305 g/mol. The van der Waals surface area contributed by atoms with E-state index in [4.69, 9.17) is 9.47 Å². The summed E-state index contributed by atoms with van der Waals surface area (Å²) in [5.74, 6) is 0.258. The molecule has 21 heavy (non-hydrogen) atoms. The highest BCUT2D eigenvalue weighted by atomic mass is 19.4. The number of halogens is 3. The SMILES string of the molecule is FC(F)(F)Oc1ccc(OCCNC2CCOCC2)cc1. The van der Waals surface area contributed by atoms with Gasteiger partial charge in [-0.2, -0.15) is 0 Å². The first kappa shape index (κ1) is 15.9. The molecule has 4 nitrogen and oxygen atoms in total. The van der Waals surface area contributed by atoms with Gasteiger partial charge in [0.1, 0.15) is 18.1 Å². The number of ether oxygens (including phenoxy) is 3. The first-order valence-electron chi connectivity index (χ1n) is 6.83. The van der Waals surface area contributed by atoms with E-state index in [-0.39, 0.29) is 5.75 Å². The van der Waals surface area contributed by atoms with Crippen LogP contribution in [-0.4, -0.2) is 38.8 Å². The molecule has 0 spiro atoms. The summed E-state index contributed by atoms with van der Waals surface area (Å²) in [7, 11) is 0. The van der Waals surface area contributed by atoms with Crippen LogP contribution >= 0.6 is 0 Å². The highest BCUT2D eigenvalue weighted by Crippen LogP contribution is 2.24. The Morgan fingerprint density at radius 1 is 1.10 bits per heavy atom. The summed E-state index contributed by atoms with van der Waals surface area (Å²) in [6.07, 6.45) is -2.69. The molecule has 0 bridgehead atoms. The Bertz CT molecular complexity index is 416. The van der Waals surface area contributed by atoms with Crippen LogP contribution < -0.4 is 14.8 Å². The lowest BCUT2D eigenvalue weighted by atomic mass is 10.1. The van der Waals surface area contributed by atoms with Crippen molar-refractivity contribution in [2.24, 2.45) is 0 Å². The maximum atomic E-state index is 12.0. The average molecular weight is 305 g/mol. The number of rotatable bonds is 6. The van der Waals surface area contributed by atoms with E-state index >= 15 is 0 Å². The van der Waals surface area contributed by atoms with Gasteiger partial charge in [-0.05, 0) is 37.1 Å². The molecule has 1 aromatic rings. The summed E-state index contributed by atoms with van der Waals surface area (Å²) in [5, 5.41) is 3.36. The van der Waals surface area contributed by atoms with Gasteiger partial charge in [0, 0.05) is 25.8 Å². The minimum atomic E-state index is -4.67. The molecule has 0 saturated carbocycles. The van der Waals surface area contributed by atoms with Gasteiger partial charge in [0.2, 0.25) is 0 Å². The number of hydrogen-bond donors (Lipinski definition) is 1. The van der Waals surface area contributed by atoms with Crippen molar-refractivity contribution in [2.45, 2.75) is 25.2 Å². The van der Waals surface area contributed by atoms with E-state index in [1.165, 1.54) is 24.3 Å². The summed E-state index contributed by atoms with van der Waals surface area (Å²) in [6, 6.07) is 5.82. The molecule has 7 heteroatoms. The second-order valence-corrected chi connectivity index (χ2v) is 4.71. The van der Waals surface area contributed by atoms with E-state index in [1.807, 2.05) is 0 Å². The summed E-state index contributed by atoms with van der Waals surface area (Å²) >= 11 is 0. The van der Waals surface area contributed by atoms with Gasteiger partial charge in [-0.15, -0.1) is 13.2 Å². The molecule has 0 amide bonds. The van der Waals surface area contributed by atoms with Gasteiger partial charge in [0.15, 0.2) is 0 Å². The largest absolute Gasteiger partial charge is 0.573 e. The van der Waals surface area contributed by atoms with Crippen LogP contribution in [0.25, 0.3) is 0 Å². The van der Waals surface area contributed by atoms with Crippen molar-refractivity contribution in [3.63, 3.8) is 0 Å². The second kappa shape index (κ2) is 7.51. The molecule has 2 rings (SSSR count). The topological polar surface area (TPSA) is 39.7 Å². The number of hydrogen-bond acceptors (Lipinski definition) is 4. The quantitative estimate of drug-likeness (QED) is 0.820. The first-order valence-corrected chi connectivity index (χ1v) is 6.83. The van der Waals surface area contributed by atoms with Crippen molar-refractivity contribution >= 4 is 0 Å². The third-order valence-corrected chi connectivity index (χ3v) is 3.08. The Hall–Kier alpha value is -1.47. The summed E-state index contributed by atoms with van der Waals surface area (Å²) < 4.78 is 50.5. The normalized spacial score (nSPS) is 16.7. The van der Waals surface area contributed by atoms with Crippen molar-refractivity contribution in [3.8, 4) is 11.5 Å². The Balaban J connectivity index is 1.66. The first-order chi connectivity index (χ1) is 10.0. The fraction of sp³-hybridized carbons (Fsp3) is 0.571. The van der Waals surface area contributed by atoms with Crippen LogP contribution in [0, 0.1) is 0 Å². The van der Waals surface area contributed by atoms with E-state index in [2.05, 4.69) is 10.1 Å². The zero-order valence-electron chi connectivity index (χ0n) is 11.5. The molecular formula is C14H18F3NO3. The molecule has 1 saturated heterocycles. The van der Waals surface area contributed by atoms with Gasteiger partial charge in [-0.1, -0.05) is 0 Å². The van der Waals surface area contributed by atoms with Gasteiger partial charge in [-0.3, -0.25) is 0 Å². The minimum absolute atomic E-state index is 0.254. The molecular weight excluding hydrogens is 287 g/mol. The highest BCUT2D eigenvalue weighted by molar-refractivity contribution is 5.31. The highest BCUT2D eigenvalue weighted by Gasteiger charge is 2.30. The predicted octanol–water partition coefficient (Wildman–Crippen LogP) is 2.73. The Morgan fingerprint density at radius 3 is 2.33 bits per heavy atom. The van der Waals surface area contributed by atoms with Crippen molar-refractivity contribution in [2.75, 3.05) is 26.4 Å². The fourth-order valence-corrected chi connectivity index (χ4v) is 2.07. The van der Waals surface area contributed by atoms with Crippen LogP contribution in [0.1, 0.15) is 12.8 Å². The Kier molecular flexibility index (Phi) is 5.69. The lowest BCUT2D eigenvalue weighted by Crippen LogP contribution is -2.37. The van der Waals surface area contributed by atoms with Crippen molar-refractivity contribution < 1.29 is 27.4 Å². The maximum Gasteiger partial charge on any atom is 0.573 e. The van der Waals surface area contributed by atoms with E-state index < -0.39 is 6.36 Å². The van der Waals surface area contributed by atoms with Gasteiger partial charge in [-0.25, -0.2) is 0 Å². The zero-order valence-corrected chi connectivity index (χ0v) is 11.5. The molecule has 1 aliphatic rings. The van der Waals surface area contributed by atoms with E-state index in [0.29, 0.717) is 24.9 Å². The zero-order chi connectivity index (χ0) is 15.1. The molecule has 1 fully saturated rings. The second-order valence-electron chi connectivity index (χ2n) is 4.71. The third kappa shape index (κ3) is 6.22. The number of nitrogens with one attached hydrogen (secondary N) is 1. The van der Waals surface area contributed by atoms with E-state index in [0.717, 1.165) is 26.1 Å². The summed E-state index contributed by atoms with van der Waals surface area (Å²) in [6.45, 7) is 2.70. The van der Waals surface area contributed by atoms with Crippen molar-refractivity contribution in [1.82, 2.24) is 5.32 Å². The van der Waals surface area contributed by atoms with Crippen LogP contribution in [0.4, 0.5) is 13.2 Å². The van der Waals surface area contributed by atoms with Crippen LogP contribution in [0.2, 0.25) is 0 Å².